The molecule has 1 aliphatic heterocycles. The number of methoxy groups -OCH3 is 1. The molecule has 45 heavy (non-hydrogen) atoms. The minimum Gasteiger partial charge on any atom is -0.493 e. The number of carbonyl (C=O) groups is 1. The number of anilines is 1. The third kappa shape index (κ3) is 6.44. The third-order valence-corrected chi connectivity index (χ3v) is 8.27. The summed E-state index contributed by atoms with van der Waals surface area (Å²) in [5, 5.41) is 2.98. The molecule has 1 amide bonds. The van der Waals surface area contributed by atoms with Crippen LogP contribution in [0.15, 0.2) is 130 Å². The van der Waals surface area contributed by atoms with Crippen LogP contribution in [0.25, 0.3) is 6.08 Å². The summed E-state index contributed by atoms with van der Waals surface area (Å²) in [4.78, 5) is 33.0. The van der Waals surface area contributed by atoms with Crippen LogP contribution in [-0.4, -0.2) is 30.8 Å². The number of ether oxygens (including phenoxy) is 3. The Bertz CT molecular complexity index is 2030. The van der Waals surface area contributed by atoms with E-state index in [1.165, 1.54) is 11.3 Å². The van der Waals surface area contributed by atoms with Crippen LogP contribution in [0.2, 0.25) is 0 Å². The number of aromatic nitrogens is 1. The van der Waals surface area contributed by atoms with Crippen LogP contribution in [0.4, 0.5) is 5.69 Å². The molecule has 0 saturated heterocycles. The number of benzene rings is 4. The number of fused-ring (bicyclic) bond motifs is 1. The lowest BCUT2D eigenvalue weighted by atomic mass is 9.95. The van der Waals surface area contributed by atoms with Gasteiger partial charge in [-0.1, -0.05) is 90.2 Å². The number of hydrogen-bond donors (Lipinski definition) is 1. The molecule has 8 nitrogen and oxygen atoms in total. The minimum atomic E-state index is -0.646. The van der Waals surface area contributed by atoms with E-state index in [1.54, 1.807) is 11.7 Å². The molecule has 5 aromatic rings. The van der Waals surface area contributed by atoms with Crippen LogP contribution < -0.4 is 34.4 Å². The van der Waals surface area contributed by atoms with E-state index >= 15 is 0 Å². The molecule has 9 heteroatoms. The van der Waals surface area contributed by atoms with Gasteiger partial charge in [0.15, 0.2) is 16.3 Å². The summed E-state index contributed by atoms with van der Waals surface area (Å²) in [6.45, 7) is 2.40. The maximum Gasteiger partial charge on any atom is 0.271 e. The van der Waals surface area contributed by atoms with Crippen molar-refractivity contribution in [2.24, 2.45) is 4.99 Å². The molecule has 226 valence electrons. The summed E-state index contributed by atoms with van der Waals surface area (Å²) in [6.07, 6.45) is 1.81. The van der Waals surface area contributed by atoms with E-state index in [9.17, 15) is 9.59 Å². The second-order valence-electron chi connectivity index (χ2n) is 10.2. The first-order chi connectivity index (χ1) is 22.0. The fraction of sp³-hybridized carbons (Fsp3) is 0.139. The smallest absolute Gasteiger partial charge is 0.271 e. The summed E-state index contributed by atoms with van der Waals surface area (Å²) in [5.74, 6) is 1.60. The predicted molar refractivity (Wildman–Crippen MR) is 176 cm³/mol. The van der Waals surface area contributed by atoms with Crippen LogP contribution >= 0.6 is 11.3 Å². The molecule has 6 rings (SSSR count). The zero-order chi connectivity index (χ0) is 31.2. The molecular weight excluding hydrogens is 586 g/mol. The lowest BCUT2D eigenvalue weighted by molar-refractivity contribution is -0.113. The van der Waals surface area contributed by atoms with Gasteiger partial charge in [-0.3, -0.25) is 14.2 Å². The van der Waals surface area contributed by atoms with Crippen molar-refractivity contribution in [1.82, 2.24) is 4.57 Å². The fourth-order valence-electron chi connectivity index (χ4n) is 5.20. The van der Waals surface area contributed by atoms with Gasteiger partial charge in [0, 0.05) is 11.3 Å². The SMILES string of the molecule is COc1ccccc1OCCOc1ccccc1/C=c1/sc2n(c1=O)[C@H](c1ccccc1)C(C(=O)Nc1ccccc1)=C(C)N=2. The molecule has 4 aromatic carbocycles. The molecule has 0 bridgehead atoms. The molecule has 2 heterocycles. The van der Waals surface area contributed by atoms with Crippen LogP contribution in [0, 0.1) is 0 Å². The number of rotatable bonds is 10. The quantitative estimate of drug-likeness (QED) is 0.214. The second-order valence-corrected chi connectivity index (χ2v) is 11.2. The van der Waals surface area contributed by atoms with Crippen molar-refractivity contribution in [2.75, 3.05) is 25.6 Å². The average Bonchev–Trinajstić information content (AvgIpc) is 3.37. The highest BCUT2D eigenvalue weighted by molar-refractivity contribution is 7.07. The van der Waals surface area contributed by atoms with Gasteiger partial charge >= 0.3 is 0 Å². The Morgan fingerprint density at radius 2 is 1.44 bits per heavy atom. The first kappa shape index (κ1) is 29.7. The van der Waals surface area contributed by atoms with Crippen molar-refractivity contribution in [3.63, 3.8) is 0 Å². The summed E-state index contributed by atoms with van der Waals surface area (Å²) >= 11 is 1.28. The van der Waals surface area contributed by atoms with E-state index in [-0.39, 0.29) is 18.1 Å². The van der Waals surface area contributed by atoms with Gasteiger partial charge in [0.05, 0.1) is 29.0 Å². The Morgan fingerprint density at radius 3 is 2.16 bits per heavy atom. The minimum absolute atomic E-state index is 0.237. The molecule has 0 fully saturated rings. The van der Waals surface area contributed by atoms with Crippen molar-refractivity contribution in [2.45, 2.75) is 13.0 Å². The van der Waals surface area contributed by atoms with Gasteiger partial charge in [0.2, 0.25) is 0 Å². The molecule has 1 aliphatic rings. The van der Waals surface area contributed by atoms with Crippen molar-refractivity contribution < 1.29 is 19.0 Å². The summed E-state index contributed by atoms with van der Waals surface area (Å²) in [5.41, 5.74) is 2.97. The maximum absolute atomic E-state index is 14.1. The van der Waals surface area contributed by atoms with E-state index in [4.69, 9.17) is 19.2 Å². The van der Waals surface area contributed by atoms with Crippen molar-refractivity contribution >= 4 is 29.0 Å². The molecular formula is C36H31N3O5S. The molecule has 0 aliphatic carbocycles. The van der Waals surface area contributed by atoms with Gasteiger partial charge in [-0.15, -0.1) is 0 Å². The highest BCUT2D eigenvalue weighted by atomic mass is 32.1. The third-order valence-electron chi connectivity index (χ3n) is 7.29. The molecule has 0 unspecified atom stereocenters. The van der Waals surface area contributed by atoms with Crippen molar-refractivity contribution in [1.29, 1.82) is 0 Å². The summed E-state index contributed by atoms with van der Waals surface area (Å²) in [7, 11) is 1.60. The molecule has 1 aromatic heterocycles. The fourth-order valence-corrected chi connectivity index (χ4v) is 6.23. The Morgan fingerprint density at radius 1 is 0.844 bits per heavy atom. The molecule has 0 radical (unpaired) electrons. The number of nitrogens with zero attached hydrogens (tertiary/aromatic N) is 2. The highest BCUT2D eigenvalue weighted by Crippen LogP contribution is 2.31. The van der Waals surface area contributed by atoms with Crippen molar-refractivity contribution in [3.8, 4) is 17.2 Å². The number of hydrogen-bond acceptors (Lipinski definition) is 7. The normalized spacial score (nSPS) is 14.4. The van der Waals surface area contributed by atoms with Gasteiger partial charge in [-0.05, 0) is 48.9 Å². The first-order valence-corrected chi connectivity index (χ1v) is 15.3. The predicted octanol–water partition coefficient (Wildman–Crippen LogP) is 5.34. The van der Waals surface area contributed by atoms with Gasteiger partial charge in [0.1, 0.15) is 19.0 Å². The van der Waals surface area contributed by atoms with E-state index in [1.807, 2.05) is 122 Å². The van der Waals surface area contributed by atoms with E-state index in [0.29, 0.717) is 50.1 Å². The van der Waals surface area contributed by atoms with Gasteiger partial charge in [-0.2, -0.15) is 0 Å². The Balaban J connectivity index is 1.31. The van der Waals surface area contributed by atoms with E-state index in [0.717, 1.165) is 11.1 Å². The Kier molecular flexibility index (Phi) is 8.89. The zero-order valence-corrected chi connectivity index (χ0v) is 25.6. The number of allylic oxidation sites excluding steroid dienone is 1. The molecule has 1 atom stereocenters. The number of para-hydroxylation sites is 4. The molecule has 0 spiro atoms. The average molecular weight is 618 g/mol. The van der Waals surface area contributed by atoms with Gasteiger partial charge < -0.3 is 19.5 Å². The summed E-state index contributed by atoms with van der Waals surface area (Å²) in [6, 6.07) is 33.1. The summed E-state index contributed by atoms with van der Waals surface area (Å²) < 4.78 is 19.4. The topological polar surface area (TPSA) is 91.2 Å². The largest absolute Gasteiger partial charge is 0.493 e. The lowest BCUT2D eigenvalue weighted by Gasteiger charge is -2.25. The first-order valence-electron chi connectivity index (χ1n) is 14.4. The van der Waals surface area contributed by atoms with Gasteiger partial charge in [0.25, 0.3) is 11.5 Å². The van der Waals surface area contributed by atoms with E-state index in [2.05, 4.69) is 5.32 Å². The van der Waals surface area contributed by atoms with Crippen LogP contribution in [0.3, 0.4) is 0 Å². The molecule has 1 N–H and O–H groups in total. The molecule has 0 saturated carbocycles. The van der Waals surface area contributed by atoms with Crippen LogP contribution in [-0.2, 0) is 4.79 Å². The standard InChI is InChI=1S/C36H31N3O5S/c1-24-32(34(40)38-27-16-7-4-8-17-27)33(25-13-5-3-6-14-25)39-35(41)31(45-36(39)37-24)23-26-15-9-10-18-28(26)43-21-22-44-30-20-12-11-19-29(30)42-2/h3-20,23,33H,21-22H2,1-2H3,(H,38,40)/b31-23+/t33-/m1/s1. The van der Waals surface area contributed by atoms with Crippen LogP contribution in [0.1, 0.15) is 24.1 Å². The number of thiazole rings is 1. The second kappa shape index (κ2) is 13.5. The maximum atomic E-state index is 14.1. The lowest BCUT2D eigenvalue weighted by Crippen LogP contribution is -2.40. The number of amides is 1. The Labute approximate surface area is 264 Å². The van der Waals surface area contributed by atoms with Gasteiger partial charge in [-0.25, -0.2) is 4.99 Å². The van der Waals surface area contributed by atoms with Crippen molar-refractivity contribution in [3.05, 3.63) is 151 Å². The number of carbonyl (C=O) groups excluding carboxylic acids is 1. The Hall–Kier alpha value is -5.41. The zero-order valence-electron chi connectivity index (χ0n) is 24.8. The number of nitrogens with one attached hydrogen (secondary N) is 1. The van der Waals surface area contributed by atoms with E-state index < -0.39 is 6.04 Å². The highest BCUT2D eigenvalue weighted by Gasteiger charge is 2.32. The monoisotopic (exact) mass is 617 g/mol. The van der Waals surface area contributed by atoms with Crippen LogP contribution in [0.5, 0.6) is 17.2 Å².